The number of esters is 1. The van der Waals surface area contributed by atoms with Gasteiger partial charge in [0.2, 0.25) is 5.91 Å². The van der Waals surface area contributed by atoms with Gasteiger partial charge in [0, 0.05) is 17.4 Å². The van der Waals surface area contributed by atoms with Crippen molar-refractivity contribution in [1.82, 2.24) is 4.90 Å². The van der Waals surface area contributed by atoms with Gasteiger partial charge in [0.15, 0.2) is 0 Å². The minimum Gasteiger partial charge on any atom is -0.548 e. The second-order valence-electron chi connectivity index (χ2n) is 5.07. The van der Waals surface area contributed by atoms with E-state index in [1.54, 1.807) is 17.8 Å². The number of aliphatic carboxylic acids is 1. The summed E-state index contributed by atoms with van der Waals surface area (Å²) in [6, 6.07) is -0.889. The Morgan fingerprint density at radius 1 is 1.50 bits per heavy atom. The van der Waals surface area contributed by atoms with Crippen LogP contribution in [0.15, 0.2) is 12.2 Å². The molecule has 2 aliphatic rings. The SMILES string of the molecule is CCSC1CC2C(CC=CC(=O)OC)C(=O)N2[C@@H]1C(=O)[O-].[Na+]. The third-order valence-corrected chi connectivity index (χ3v) is 5.20. The summed E-state index contributed by atoms with van der Waals surface area (Å²) in [5.41, 5.74) is 0. The van der Waals surface area contributed by atoms with Crippen molar-refractivity contribution in [2.45, 2.75) is 37.1 Å². The number of carbonyl (C=O) groups is 3. The smallest absolute Gasteiger partial charge is 0.548 e. The molecule has 0 bridgehead atoms. The minimum absolute atomic E-state index is 0. The quantitative estimate of drug-likeness (QED) is 0.217. The van der Waals surface area contributed by atoms with E-state index in [4.69, 9.17) is 0 Å². The first kappa shape index (κ1) is 19.5. The maximum atomic E-state index is 12.1. The van der Waals surface area contributed by atoms with Gasteiger partial charge >= 0.3 is 35.5 Å². The number of amides is 1. The van der Waals surface area contributed by atoms with Gasteiger partial charge in [-0.15, -0.1) is 0 Å². The molecular formula is C14H18NNaO5S. The van der Waals surface area contributed by atoms with E-state index in [2.05, 4.69) is 4.74 Å². The molecule has 4 atom stereocenters. The number of rotatable bonds is 6. The summed E-state index contributed by atoms with van der Waals surface area (Å²) in [6.07, 6.45) is 4.00. The average molecular weight is 335 g/mol. The van der Waals surface area contributed by atoms with Crippen LogP contribution in [-0.4, -0.2) is 52.9 Å². The van der Waals surface area contributed by atoms with E-state index in [0.29, 0.717) is 12.8 Å². The molecule has 0 spiro atoms. The fourth-order valence-electron chi connectivity index (χ4n) is 3.07. The number of carboxylic acids is 1. The number of fused-ring (bicyclic) bond motifs is 1. The number of β-lactam (4-membered cyclic amide) rings is 1. The molecule has 0 saturated carbocycles. The molecule has 0 radical (unpaired) electrons. The zero-order chi connectivity index (χ0) is 15.6. The Balaban J connectivity index is 0.00000242. The predicted octanol–water partition coefficient (Wildman–Crippen LogP) is -3.42. The van der Waals surface area contributed by atoms with E-state index in [1.165, 1.54) is 18.1 Å². The fraction of sp³-hybridized carbons (Fsp3) is 0.643. The van der Waals surface area contributed by atoms with Gasteiger partial charge in [-0.05, 0) is 18.6 Å². The molecule has 0 aliphatic carbocycles. The first-order chi connectivity index (χ1) is 10.0. The summed E-state index contributed by atoms with van der Waals surface area (Å²) in [4.78, 5) is 35.8. The van der Waals surface area contributed by atoms with Gasteiger partial charge in [-0.25, -0.2) is 4.79 Å². The second-order valence-corrected chi connectivity index (χ2v) is 6.59. The van der Waals surface area contributed by atoms with Gasteiger partial charge in [0.05, 0.1) is 25.0 Å². The molecule has 116 valence electrons. The van der Waals surface area contributed by atoms with Crippen molar-refractivity contribution in [3.05, 3.63) is 12.2 Å². The van der Waals surface area contributed by atoms with Crippen LogP contribution in [-0.2, 0) is 19.1 Å². The standard InChI is InChI=1S/C14H19NO5S.Na/c1-3-21-10-7-9-8(5-4-6-11(16)20-2)13(17)15(9)12(10)14(18)19;/h4,6,8-10,12H,3,5,7H2,1-2H3,(H,18,19);/q;+1/p-1/t8?,9?,10?,12-;/m0./s1. The molecule has 0 aromatic heterocycles. The number of hydrogen-bond donors (Lipinski definition) is 0. The Labute approximate surface area is 155 Å². The number of methoxy groups -OCH3 is 1. The molecule has 1 amide bonds. The first-order valence-electron chi connectivity index (χ1n) is 6.90. The van der Waals surface area contributed by atoms with Crippen LogP contribution >= 0.6 is 11.8 Å². The van der Waals surface area contributed by atoms with Crippen LogP contribution < -0.4 is 34.7 Å². The van der Waals surface area contributed by atoms with E-state index >= 15 is 0 Å². The Bertz CT molecular complexity index is 484. The maximum absolute atomic E-state index is 12.1. The summed E-state index contributed by atoms with van der Waals surface area (Å²) < 4.78 is 4.48. The van der Waals surface area contributed by atoms with Crippen LogP contribution in [0.2, 0.25) is 0 Å². The zero-order valence-electron chi connectivity index (χ0n) is 13.0. The normalized spacial score (nSPS) is 29.7. The molecule has 2 heterocycles. The number of carboxylic acid groups (broad SMARTS) is 1. The van der Waals surface area contributed by atoms with Crippen LogP contribution in [0.3, 0.4) is 0 Å². The van der Waals surface area contributed by atoms with Gasteiger partial charge in [0.1, 0.15) is 0 Å². The van der Waals surface area contributed by atoms with Crippen molar-refractivity contribution in [2.24, 2.45) is 5.92 Å². The number of allylic oxidation sites excluding steroid dienone is 1. The van der Waals surface area contributed by atoms with Gasteiger partial charge in [-0.1, -0.05) is 13.0 Å². The topological polar surface area (TPSA) is 86.7 Å². The maximum Gasteiger partial charge on any atom is 1.00 e. The Morgan fingerprint density at radius 2 is 2.18 bits per heavy atom. The molecule has 6 nitrogen and oxygen atoms in total. The van der Waals surface area contributed by atoms with Gasteiger partial charge < -0.3 is 19.5 Å². The molecule has 22 heavy (non-hydrogen) atoms. The number of ether oxygens (including phenoxy) is 1. The minimum atomic E-state index is -1.18. The zero-order valence-corrected chi connectivity index (χ0v) is 15.8. The molecular weight excluding hydrogens is 317 g/mol. The molecule has 2 fully saturated rings. The van der Waals surface area contributed by atoms with Crippen LogP contribution in [0.4, 0.5) is 0 Å². The molecule has 2 aliphatic heterocycles. The van der Waals surface area contributed by atoms with Crippen molar-refractivity contribution in [1.29, 1.82) is 0 Å². The monoisotopic (exact) mass is 335 g/mol. The molecule has 0 aromatic carbocycles. The van der Waals surface area contributed by atoms with Gasteiger partial charge in [0.25, 0.3) is 0 Å². The summed E-state index contributed by atoms with van der Waals surface area (Å²) in [5, 5.41) is 11.2. The van der Waals surface area contributed by atoms with Crippen molar-refractivity contribution in [2.75, 3.05) is 12.9 Å². The van der Waals surface area contributed by atoms with E-state index in [0.717, 1.165) is 5.75 Å². The van der Waals surface area contributed by atoms with Crippen molar-refractivity contribution in [3.8, 4) is 0 Å². The Morgan fingerprint density at radius 3 is 2.73 bits per heavy atom. The van der Waals surface area contributed by atoms with Crippen LogP contribution in [0.25, 0.3) is 0 Å². The van der Waals surface area contributed by atoms with Crippen molar-refractivity contribution >= 4 is 29.6 Å². The summed E-state index contributed by atoms with van der Waals surface area (Å²) in [5.74, 6) is -1.24. The van der Waals surface area contributed by atoms with Crippen molar-refractivity contribution < 1.29 is 53.8 Å². The average Bonchev–Trinajstić information content (AvgIpc) is 2.79. The number of thioether (sulfide) groups is 1. The number of carbonyl (C=O) groups excluding carboxylic acids is 3. The third-order valence-electron chi connectivity index (χ3n) is 3.99. The number of nitrogens with zero attached hydrogens (tertiary/aromatic N) is 1. The van der Waals surface area contributed by atoms with Gasteiger partial charge in [-0.2, -0.15) is 11.8 Å². The van der Waals surface area contributed by atoms with Gasteiger partial charge in [-0.3, -0.25) is 4.79 Å². The van der Waals surface area contributed by atoms with E-state index < -0.39 is 18.0 Å². The molecule has 0 N–H and O–H groups in total. The van der Waals surface area contributed by atoms with Crippen LogP contribution in [0.1, 0.15) is 19.8 Å². The predicted molar refractivity (Wildman–Crippen MR) is 75.2 cm³/mol. The second kappa shape index (κ2) is 8.38. The fourth-order valence-corrected chi connectivity index (χ4v) is 4.26. The van der Waals surface area contributed by atoms with E-state index in [9.17, 15) is 19.5 Å². The summed E-state index contributed by atoms with van der Waals surface area (Å²) in [7, 11) is 1.29. The Hall–Kier alpha value is -0.500. The molecule has 2 saturated heterocycles. The molecule has 3 unspecified atom stereocenters. The van der Waals surface area contributed by atoms with Crippen LogP contribution in [0.5, 0.6) is 0 Å². The molecule has 8 heteroatoms. The molecule has 0 aromatic rings. The number of hydrogen-bond acceptors (Lipinski definition) is 6. The Kier molecular flexibility index (Phi) is 7.45. The largest absolute Gasteiger partial charge is 1.00 e. The molecule has 2 rings (SSSR count). The first-order valence-corrected chi connectivity index (χ1v) is 7.95. The summed E-state index contributed by atoms with van der Waals surface area (Å²) >= 11 is 1.55. The third kappa shape index (κ3) is 3.69. The van der Waals surface area contributed by atoms with Crippen molar-refractivity contribution in [3.63, 3.8) is 0 Å². The van der Waals surface area contributed by atoms with E-state index in [-0.39, 0.29) is 52.7 Å². The van der Waals surface area contributed by atoms with Crippen LogP contribution in [0, 0.1) is 5.92 Å². The summed E-state index contributed by atoms with van der Waals surface area (Å²) in [6.45, 7) is 1.96. The van der Waals surface area contributed by atoms with E-state index in [1.807, 2.05) is 6.92 Å².